The molecule has 2 atom stereocenters. The number of nitrogens with zero attached hydrogens (tertiary/aromatic N) is 5. The summed E-state index contributed by atoms with van der Waals surface area (Å²) in [5.74, 6) is -2.59. The maximum atomic E-state index is 14.3. The van der Waals surface area contributed by atoms with Crippen LogP contribution in [0.15, 0.2) is 61.1 Å². The summed E-state index contributed by atoms with van der Waals surface area (Å²) in [7, 11) is 0. The van der Waals surface area contributed by atoms with Crippen LogP contribution in [-0.4, -0.2) is 53.4 Å². The minimum Gasteiger partial charge on any atom is -0.481 e. The van der Waals surface area contributed by atoms with E-state index in [0.717, 1.165) is 5.56 Å². The summed E-state index contributed by atoms with van der Waals surface area (Å²) in [6, 6.07) is 11.0. The van der Waals surface area contributed by atoms with Crippen LogP contribution in [0, 0.1) is 11.7 Å². The Bertz CT molecular complexity index is 1300. The molecule has 0 bridgehead atoms. The molecule has 0 aliphatic heterocycles. The maximum Gasteiger partial charge on any atom is 0.306 e. The molecular formula is C24H23ClFN7O3. The first-order chi connectivity index (χ1) is 17.4. The average molecular weight is 512 g/mol. The number of benzene rings is 2. The molecule has 0 radical (unpaired) electrons. The summed E-state index contributed by atoms with van der Waals surface area (Å²) in [4.78, 5) is 26.1. The number of aliphatic carboxylic acids is 1. The van der Waals surface area contributed by atoms with Crippen LogP contribution in [0.3, 0.4) is 0 Å². The van der Waals surface area contributed by atoms with Crippen LogP contribution in [-0.2, 0) is 17.8 Å². The molecule has 2 aromatic heterocycles. The summed E-state index contributed by atoms with van der Waals surface area (Å²) in [6.07, 6.45) is 5.15. The summed E-state index contributed by atoms with van der Waals surface area (Å²) in [5, 5.41) is 30.9. The highest BCUT2D eigenvalue weighted by Gasteiger charge is 2.25. The van der Waals surface area contributed by atoms with Gasteiger partial charge in [0, 0.05) is 16.6 Å². The number of hydrogen-bond acceptors (Lipinski definition) is 6. The first kappa shape index (κ1) is 25.0. The Morgan fingerprint density at radius 3 is 2.56 bits per heavy atom. The van der Waals surface area contributed by atoms with Gasteiger partial charge in [0.15, 0.2) is 5.69 Å². The van der Waals surface area contributed by atoms with Gasteiger partial charge in [-0.3, -0.25) is 9.59 Å². The van der Waals surface area contributed by atoms with Crippen molar-refractivity contribution in [1.29, 1.82) is 0 Å². The van der Waals surface area contributed by atoms with Gasteiger partial charge < -0.3 is 10.4 Å². The molecular weight excluding hydrogens is 489 g/mol. The van der Waals surface area contributed by atoms with E-state index in [2.05, 4.69) is 30.9 Å². The van der Waals surface area contributed by atoms with E-state index in [1.165, 1.54) is 35.5 Å². The van der Waals surface area contributed by atoms with E-state index in [-0.39, 0.29) is 24.4 Å². The lowest BCUT2D eigenvalue weighted by molar-refractivity contribution is -0.142. The normalized spacial score (nSPS) is 12.7. The SMILES string of the molecule is O=C(N[C@H](Cc1ccc(-c2cc(Cl)ccc2F)cc1)C[C@@H](CCn1nccn1)C(=O)O)c1cn[nH]n1. The number of carbonyl (C=O) groups is 2. The lowest BCUT2D eigenvalue weighted by Crippen LogP contribution is -2.39. The summed E-state index contributed by atoms with van der Waals surface area (Å²) >= 11 is 6.01. The van der Waals surface area contributed by atoms with E-state index < -0.39 is 23.8 Å². The first-order valence-corrected chi connectivity index (χ1v) is 11.5. The van der Waals surface area contributed by atoms with Gasteiger partial charge in [-0.2, -0.15) is 30.4 Å². The van der Waals surface area contributed by atoms with E-state index >= 15 is 0 Å². The molecule has 4 rings (SSSR count). The minimum absolute atomic E-state index is 0.0967. The highest BCUT2D eigenvalue weighted by atomic mass is 35.5. The molecule has 0 unspecified atom stereocenters. The lowest BCUT2D eigenvalue weighted by atomic mass is 9.92. The summed E-state index contributed by atoms with van der Waals surface area (Å²) in [5.41, 5.74) is 1.96. The Labute approximate surface area is 210 Å². The zero-order chi connectivity index (χ0) is 25.5. The van der Waals surface area contributed by atoms with Crippen LogP contribution in [0.1, 0.15) is 28.9 Å². The van der Waals surface area contributed by atoms with Crippen molar-refractivity contribution < 1.29 is 19.1 Å². The lowest BCUT2D eigenvalue weighted by Gasteiger charge is -2.22. The zero-order valence-electron chi connectivity index (χ0n) is 19.0. The quantitative estimate of drug-likeness (QED) is 0.280. The van der Waals surface area contributed by atoms with E-state index in [1.807, 2.05) is 12.1 Å². The number of nitrogens with one attached hydrogen (secondary N) is 2. The van der Waals surface area contributed by atoms with E-state index in [1.54, 1.807) is 18.2 Å². The number of aromatic nitrogens is 6. The van der Waals surface area contributed by atoms with Gasteiger partial charge in [0.05, 0.1) is 31.1 Å². The molecule has 36 heavy (non-hydrogen) atoms. The Kier molecular flexibility index (Phi) is 8.01. The monoisotopic (exact) mass is 511 g/mol. The molecule has 12 heteroatoms. The van der Waals surface area contributed by atoms with Crippen LogP contribution < -0.4 is 5.32 Å². The van der Waals surface area contributed by atoms with Crippen LogP contribution in [0.2, 0.25) is 5.02 Å². The number of amides is 1. The van der Waals surface area contributed by atoms with Crippen molar-refractivity contribution in [2.45, 2.75) is 31.8 Å². The third kappa shape index (κ3) is 6.51. The second kappa shape index (κ2) is 11.5. The predicted octanol–water partition coefficient (Wildman–Crippen LogP) is 3.38. The average Bonchev–Trinajstić information content (AvgIpc) is 3.58. The van der Waals surface area contributed by atoms with Crippen LogP contribution in [0.25, 0.3) is 11.1 Å². The fraction of sp³-hybridized carbons (Fsp3) is 0.250. The third-order valence-corrected chi connectivity index (χ3v) is 5.96. The van der Waals surface area contributed by atoms with E-state index in [9.17, 15) is 19.1 Å². The fourth-order valence-electron chi connectivity index (χ4n) is 3.90. The van der Waals surface area contributed by atoms with Gasteiger partial charge in [-0.25, -0.2) is 4.39 Å². The molecule has 0 fully saturated rings. The van der Waals surface area contributed by atoms with Crippen LogP contribution in [0.5, 0.6) is 0 Å². The number of rotatable bonds is 11. The molecule has 2 aromatic carbocycles. The van der Waals surface area contributed by atoms with Crippen molar-refractivity contribution in [3.63, 3.8) is 0 Å². The van der Waals surface area contributed by atoms with Crippen molar-refractivity contribution >= 4 is 23.5 Å². The van der Waals surface area contributed by atoms with Crippen molar-refractivity contribution in [2.75, 3.05) is 0 Å². The van der Waals surface area contributed by atoms with Crippen molar-refractivity contribution in [2.24, 2.45) is 5.92 Å². The molecule has 0 saturated carbocycles. The molecule has 1 amide bonds. The smallest absolute Gasteiger partial charge is 0.306 e. The second-order valence-corrected chi connectivity index (χ2v) is 8.67. The molecule has 0 saturated heterocycles. The summed E-state index contributed by atoms with van der Waals surface area (Å²) in [6.45, 7) is 0.327. The van der Waals surface area contributed by atoms with Gasteiger partial charge in [-0.15, -0.1) is 0 Å². The number of carbonyl (C=O) groups excluding carboxylic acids is 1. The number of hydrogen-bond donors (Lipinski definition) is 3. The topological polar surface area (TPSA) is 139 Å². The van der Waals surface area contributed by atoms with Crippen molar-refractivity contribution in [3.05, 3.63) is 83.2 Å². The molecule has 0 spiro atoms. The minimum atomic E-state index is -0.977. The number of carboxylic acids is 1. The number of halogens is 2. The van der Waals surface area contributed by atoms with Gasteiger partial charge >= 0.3 is 5.97 Å². The van der Waals surface area contributed by atoms with Crippen LogP contribution >= 0.6 is 11.6 Å². The number of aromatic amines is 1. The summed E-state index contributed by atoms with van der Waals surface area (Å²) < 4.78 is 14.3. The molecule has 0 aliphatic rings. The first-order valence-electron chi connectivity index (χ1n) is 11.2. The third-order valence-electron chi connectivity index (χ3n) is 5.72. The number of carboxylic acid groups (broad SMARTS) is 1. The highest BCUT2D eigenvalue weighted by molar-refractivity contribution is 6.30. The Balaban J connectivity index is 1.51. The van der Waals surface area contributed by atoms with Gasteiger partial charge in [0.25, 0.3) is 5.91 Å². The van der Waals surface area contributed by atoms with Crippen molar-refractivity contribution in [1.82, 2.24) is 35.7 Å². The molecule has 2 heterocycles. The van der Waals surface area contributed by atoms with Gasteiger partial charge in [-0.1, -0.05) is 35.9 Å². The molecule has 4 aromatic rings. The Morgan fingerprint density at radius 2 is 1.89 bits per heavy atom. The standard InChI is InChI=1S/C24H23ClFN7O3/c25-18-5-6-21(26)20(13-18)16-3-1-15(2-4-16)11-19(30-23(34)22-14-27-32-31-22)12-17(24(35)36)7-10-33-28-8-9-29-33/h1-6,8-9,13-14,17,19H,7,10-12H2,(H,30,34)(H,35,36)(H,27,31,32)/t17-,19-/m1/s1. The van der Waals surface area contributed by atoms with Gasteiger partial charge in [0.1, 0.15) is 5.82 Å². The molecule has 3 N–H and O–H groups in total. The van der Waals surface area contributed by atoms with Gasteiger partial charge in [0.2, 0.25) is 0 Å². The maximum absolute atomic E-state index is 14.3. The number of aryl methyl sites for hydroxylation is 1. The van der Waals surface area contributed by atoms with E-state index in [0.29, 0.717) is 29.1 Å². The van der Waals surface area contributed by atoms with Crippen LogP contribution in [0.4, 0.5) is 4.39 Å². The second-order valence-electron chi connectivity index (χ2n) is 8.24. The molecule has 0 aliphatic carbocycles. The Hall–Kier alpha value is -4.12. The largest absolute Gasteiger partial charge is 0.481 e. The van der Waals surface area contributed by atoms with Crippen molar-refractivity contribution in [3.8, 4) is 11.1 Å². The predicted molar refractivity (Wildman–Crippen MR) is 129 cm³/mol. The fourth-order valence-corrected chi connectivity index (χ4v) is 4.08. The molecule has 186 valence electrons. The van der Waals surface area contributed by atoms with Gasteiger partial charge in [-0.05, 0) is 48.6 Å². The Morgan fingerprint density at radius 1 is 1.14 bits per heavy atom. The number of H-pyrrole nitrogens is 1. The zero-order valence-corrected chi connectivity index (χ0v) is 19.8. The highest BCUT2D eigenvalue weighted by Crippen LogP contribution is 2.27. The van der Waals surface area contributed by atoms with E-state index in [4.69, 9.17) is 11.6 Å². The molecule has 10 nitrogen and oxygen atoms in total.